The van der Waals surface area contributed by atoms with Crippen molar-refractivity contribution < 1.29 is 22.6 Å². The second-order valence-electron chi connectivity index (χ2n) is 6.83. The topological polar surface area (TPSA) is 44.2 Å². The van der Waals surface area contributed by atoms with Crippen LogP contribution in [0.25, 0.3) is 0 Å². The van der Waals surface area contributed by atoms with Crippen molar-refractivity contribution in [3.8, 4) is 17.4 Å². The van der Waals surface area contributed by atoms with Gasteiger partial charge in [-0.05, 0) is 47.9 Å². The third kappa shape index (κ3) is 5.89. The molecule has 0 aliphatic carbocycles. The molecule has 30 heavy (non-hydrogen) atoms. The Balaban J connectivity index is 1.75. The lowest BCUT2D eigenvalue weighted by molar-refractivity contribution is -0.137. The largest absolute Gasteiger partial charge is 0.497 e. The van der Waals surface area contributed by atoms with Gasteiger partial charge in [-0.1, -0.05) is 37.7 Å². The summed E-state index contributed by atoms with van der Waals surface area (Å²) in [6, 6.07) is 14.0. The molecule has 3 aromatic rings. The fourth-order valence-electron chi connectivity index (χ4n) is 2.54. The Morgan fingerprint density at radius 3 is 2.13 bits per heavy atom. The maximum Gasteiger partial charge on any atom is 0.416 e. The first-order valence-electron chi connectivity index (χ1n) is 9.24. The third-order valence-electron chi connectivity index (χ3n) is 4.22. The maximum absolute atomic E-state index is 12.7. The van der Waals surface area contributed by atoms with E-state index in [1.807, 2.05) is 13.8 Å². The molecule has 158 valence electrons. The molecule has 2 aromatic carbocycles. The Morgan fingerprint density at radius 1 is 0.933 bits per heavy atom. The summed E-state index contributed by atoms with van der Waals surface area (Å²) in [5.41, 5.74) is 0.914. The van der Waals surface area contributed by atoms with Crippen LogP contribution < -0.4 is 9.47 Å². The van der Waals surface area contributed by atoms with E-state index < -0.39 is 11.7 Å². The quantitative estimate of drug-likeness (QED) is 0.305. The molecule has 4 nitrogen and oxygen atoms in total. The normalized spacial score (nSPS) is 11.6. The average molecular weight is 434 g/mol. The lowest BCUT2D eigenvalue weighted by Gasteiger charge is -2.11. The van der Waals surface area contributed by atoms with E-state index in [4.69, 9.17) is 9.47 Å². The van der Waals surface area contributed by atoms with Crippen LogP contribution in [0.15, 0.2) is 59.8 Å². The number of hydrogen-bond donors (Lipinski definition) is 0. The molecule has 0 bridgehead atoms. The molecule has 0 radical (unpaired) electrons. The monoisotopic (exact) mass is 434 g/mol. The number of thioether (sulfide) groups is 1. The second kappa shape index (κ2) is 9.38. The van der Waals surface area contributed by atoms with Crippen LogP contribution in [0.2, 0.25) is 0 Å². The first-order chi connectivity index (χ1) is 14.2. The van der Waals surface area contributed by atoms with Crippen LogP contribution >= 0.6 is 11.8 Å². The molecule has 8 heteroatoms. The van der Waals surface area contributed by atoms with Gasteiger partial charge < -0.3 is 9.47 Å². The number of halogens is 3. The Kier molecular flexibility index (Phi) is 6.87. The van der Waals surface area contributed by atoms with Gasteiger partial charge in [0.05, 0.1) is 18.4 Å². The van der Waals surface area contributed by atoms with Crippen LogP contribution in [0.1, 0.15) is 36.6 Å². The highest BCUT2D eigenvalue weighted by Gasteiger charge is 2.29. The summed E-state index contributed by atoms with van der Waals surface area (Å²) >= 11 is 1.35. The molecule has 0 unspecified atom stereocenters. The van der Waals surface area contributed by atoms with E-state index in [0.717, 1.165) is 29.1 Å². The van der Waals surface area contributed by atoms with Crippen LogP contribution in [0.5, 0.6) is 17.4 Å². The number of benzene rings is 2. The van der Waals surface area contributed by atoms with E-state index in [1.54, 1.807) is 37.4 Å². The summed E-state index contributed by atoms with van der Waals surface area (Å²) in [6.45, 7) is 4.04. The van der Waals surface area contributed by atoms with Gasteiger partial charge in [-0.2, -0.15) is 18.2 Å². The van der Waals surface area contributed by atoms with Gasteiger partial charge in [0.1, 0.15) is 11.5 Å². The summed E-state index contributed by atoms with van der Waals surface area (Å²) in [5, 5.41) is 0.504. The van der Waals surface area contributed by atoms with E-state index in [2.05, 4.69) is 9.97 Å². The molecular formula is C22H21F3N2O2S. The Labute approximate surface area is 177 Å². The molecular weight excluding hydrogens is 413 g/mol. The smallest absolute Gasteiger partial charge is 0.416 e. The first kappa shape index (κ1) is 22.0. The van der Waals surface area contributed by atoms with Gasteiger partial charge in [-0.15, -0.1) is 0 Å². The molecule has 0 aliphatic rings. The van der Waals surface area contributed by atoms with Gasteiger partial charge in [0.15, 0.2) is 5.16 Å². The zero-order valence-corrected chi connectivity index (χ0v) is 17.6. The molecule has 0 amide bonds. The van der Waals surface area contributed by atoms with E-state index in [-0.39, 0.29) is 5.92 Å². The summed E-state index contributed by atoms with van der Waals surface area (Å²) < 4.78 is 49.1. The minimum Gasteiger partial charge on any atom is -0.497 e. The van der Waals surface area contributed by atoms with Gasteiger partial charge >= 0.3 is 6.18 Å². The van der Waals surface area contributed by atoms with Crippen molar-refractivity contribution in [2.24, 2.45) is 0 Å². The summed E-state index contributed by atoms with van der Waals surface area (Å²) in [6.07, 6.45) is -4.34. The van der Waals surface area contributed by atoms with Gasteiger partial charge in [-0.25, -0.2) is 4.98 Å². The van der Waals surface area contributed by atoms with Crippen molar-refractivity contribution in [1.82, 2.24) is 9.97 Å². The molecule has 0 atom stereocenters. The molecule has 1 aromatic heterocycles. The highest BCUT2D eigenvalue weighted by molar-refractivity contribution is 7.98. The second-order valence-corrected chi connectivity index (χ2v) is 7.77. The molecule has 0 saturated carbocycles. The minimum absolute atomic E-state index is 0.164. The fraction of sp³-hybridized carbons (Fsp3) is 0.273. The Bertz CT molecular complexity index is 975. The van der Waals surface area contributed by atoms with Gasteiger partial charge in [0.2, 0.25) is 5.88 Å². The van der Waals surface area contributed by atoms with Crippen molar-refractivity contribution in [2.75, 3.05) is 7.11 Å². The van der Waals surface area contributed by atoms with Crippen molar-refractivity contribution in [3.05, 3.63) is 71.4 Å². The van der Waals surface area contributed by atoms with Gasteiger partial charge in [-0.3, -0.25) is 0 Å². The van der Waals surface area contributed by atoms with Crippen molar-refractivity contribution >= 4 is 11.8 Å². The first-order valence-corrected chi connectivity index (χ1v) is 10.2. The Hall–Kier alpha value is -2.74. The van der Waals surface area contributed by atoms with Crippen LogP contribution in [0.3, 0.4) is 0 Å². The summed E-state index contributed by atoms with van der Waals surface area (Å²) in [7, 11) is 1.59. The molecule has 0 aliphatic heterocycles. The number of methoxy groups -OCH3 is 1. The SMILES string of the molecule is COc1ccc(Oc2cc(C(C)C)nc(SCc3ccc(C(F)(F)F)cc3)n2)cc1. The van der Waals surface area contributed by atoms with Crippen LogP contribution in [0, 0.1) is 0 Å². The standard InChI is InChI=1S/C22H21F3N2O2S/c1-14(2)19-12-20(29-18-10-8-17(28-3)9-11-18)27-21(26-19)30-13-15-4-6-16(7-5-15)22(23,24)25/h4-12,14H,13H2,1-3H3. The zero-order chi connectivity index (χ0) is 21.7. The molecule has 0 saturated heterocycles. The van der Waals surface area contributed by atoms with Crippen LogP contribution in [-0.4, -0.2) is 17.1 Å². The predicted octanol–water partition coefficient (Wildman–Crippen LogP) is 6.71. The summed E-state index contributed by atoms with van der Waals surface area (Å²) in [5.74, 6) is 2.36. The number of ether oxygens (including phenoxy) is 2. The third-order valence-corrected chi connectivity index (χ3v) is 5.14. The molecule has 1 heterocycles. The maximum atomic E-state index is 12.7. The molecule has 0 fully saturated rings. The highest BCUT2D eigenvalue weighted by atomic mass is 32.2. The van der Waals surface area contributed by atoms with Gasteiger partial charge in [0, 0.05) is 11.8 Å². The number of rotatable bonds is 7. The lowest BCUT2D eigenvalue weighted by Crippen LogP contribution is -2.04. The van der Waals surface area contributed by atoms with E-state index >= 15 is 0 Å². The number of nitrogens with zero attached hydrogens (tertiary/aromatic N) is 2. The van der Waals surface area contributed by atoms with Gasteiger partial charge in [0.25, 0.3) is 0 Å². The number of hydrogen-bond acceptors (Lipinski definition) is 5. The van der Waals surface area contributed by atoms with Crippen molar-refractivity contribution in [2.45, 2.75) is 36.9 Å². The van der Waals surface area contributed by atoms with Crippen molar-refractivity contribution in [1.29, 1.82) is 0 Å². The highest BCUT2D eigenvalue weighted by Crippen LogP contribution is 2.31. The van der Waals surface area contributed by atoms with Crippen LogP contribution in [0.4, 0.5) is 13.2 Å². The zero-order valence-electron chi connectivity index (χ0n) is 16.7. The average Bonchev–Trinajstić information content (AvgIpc) is 2.72. The van der Waals surface area contributed by atoms with E-state index in [0.29, 0.717) is 22.5 Å². The minimum atomic E-state index is -4.34. The molecule has 0 N–H and O–H groups in total. The van der Waals surface area contributed by atoms with E-state index in [9.17, 15) is 13.2 Å². The molecule has 0 spiro atoms. The predicted molar refractivity (Wildman–Crippen MR) is 110 cm³/mol. The van der Waals surface area contributed by atoms with Crippen LogP contribution in [-0.2, 0) is 11.9 Å². The number of alkyl halides is 3. The van der Waals surface area contributed by atoms with Crippen molar-refractivity contribution in [3.63, 3.8) is 0 Å². The number of aromatic nitrogens is 2. The fourth-order valence-corrected chi connectivity index (χ4v) is 3.35. The summed E-state index contributed by atoms with van der Waals surface area (Å²) in [4.78, 5) is 8.99. The Morgan fingerprint density at radius 2 is 1.57 bits per heavy atom. The molecule has 3 rings (SSSR count). The van der Waals surface area contributed by atoms with E-state index in [1.165, 1.54) is 23.9 Å². The lowest BCUT2D eigenvalue weighted by atomic mass is 10.1.